The quantitative estimate of drug-likeness (QED) is 0.581. The maximum Gasteiger partial charge on any atom is 0.313 e. The van der Waals surface area contributed by atoms with Crippen LogP contribution in [0.15, 0.2) is 11.1 Å². The summed E-state index contributed by atoms with van der Waals surface area (Å²) in [5.74, 6) is 0.440. The van der Waals surface area contributed by atoms with Gasteiger partial charge < -0.3 is 19.8 Å². The zero-order valence-electron chi connectivity index (χ0n) is 12.7. The van der Waals surface area contributed by atoms with Gasteiger partial charge in [-0.05, 0) is 0 Å². The Hall–Kier alpha value is -1.97. The molecular formula is C13H20N5O4+. The van der Waals surface area contributed by atoms with Crippen LogP contribution < -0.4 is 15.0 Å². The number of H-pyrrole nitrogens is 1. The summed E-state index contributed by atoms with van der Waals surface area (Å²) >= 11 is 0. The third-order valence-electron chi connectivity index (χ3n) is 3.88. The number of rotatable bonds is 3. The molecule has 0 unspecified atom stereocenters. The van der Waals surface area contributed by atoms with Gasteiger partial charge in [0.1, 0.15) is 6.10 Å². The molecule has 0 spiro atoms. The topological polar surface area (TPSA) is 107 Å². The lowest BCUT2D eigenvalue weighted by Gasteiger charge is -2.10. The first-order valence-electron chi connectivity index (χ1n) is 7.04. The highest BCUT2D eigenvalue weighted by atomic mass is 16.5. The number of hydrogen-bond donors (Lipinski definition) is 3. The van der Waals surface area contributed by atoms with Crippen LogP contribution in [0.25, 0.3) is 11.2 Å². The molecule has 3 N–H and O–H groups in total. The second kappa shape index (κ2) is 5.34. The van der Waals surface area contributed by atoms with E-state index in [1.807, 2.05) is 0 Å². The molecule has 1 aliphatic heterocycles. The normalized spacial score (nSPS) is 25.0. The molecule has 0 radical (unpaired) electrons. The maximum atomic E-state index is 12.3. The SMILES string of the molecule is CN(C)c1nc2c(c(=O)[nH]1)n(C)c[n+]2[C@H]1C[C@H](O)[C@@H](CO)O1. The maximum absolute atomic E-state index is 12.3. The highest BCUT2D eigenvalue weighted by Gasteiger charge is 2.38. The van der Waals surface area contributed by atoms with E-state index in [2.05, 4.69) is 9.97 Å². The molecule has 1 fully saturated rings. The number of anilines is 1. The number of imidazole rings is 1. The van der Waals surface area contributed by atoms with E-state index in [9.17, 15) is 15.0 Å². The minimum atomic E-state index is -0.743. The number of aliphatic hydroxyl groups is 2. The van der Waals surface area contributed by atoms with Crippen molar-refractivity contribution in [1.82, 2.24) is 14.5 Å². The van der Waals surface area contributed by atoms with Gasteiger partial charge in [0.25, 0.3) is 11.5 Å². The Labute approximate surface area is 126 Å². The highest BCUT2D eigenvalue weighted by Crippen LogP contribution is 2.25. The molecule has 0 aromatic carbocycles. The number of aromatic amines is 1. The Balaban J connectivity index is 2.13. The molecule has 1 aliphatic rings. The zero-order valence-corrected chi connectivity index (χ0v) is 12.7. The van der Waals surface area contributed by atoms with Crippen molar-refractivity contribution in [3.8, 4) is 0 Å². The van der Waals surface area contributed by atoms with Crippen molar-refractivity contribution in [3.63, 3.8) is 0 Å². The van der Waals surface area contributed by atoms with Crippen LogP contribution in [0, 0.1) is 0 Å². The van der Waals surface area contributed by atoms with E-state index in [4.69, 9.17) is 4.74 Å². The number of hydrogen-bond acceptors (Lipinski definition) is 6. The lowest BCUT2D eigenvalue weighted by atomic mass is 10.2. The van der Waals surface area contributed by atoms with Crippen molar-refractivity contribution in [1.29, 1.82) is 0 Å². The average Bonchev–Trinajstić information content (AvgIpc) is 2.99. The van der Waals surface area contributed by atoms with Crippen LogP contribution in [-0.2, 0) is 11.8 Å². The average molecular weight is 310 g/mol. The van der Waals surface area contributed by atoms with Crippen LogP contribution in [0.3, 0.4) is 0 Å². The van der Waals surface area contributed by atoms with Gasteiger partial charge in [-0.2, -0.15) is 0 Å². The van der Waals surface area contributed by atoms with Crippen LogP contribution in [0.5, 0.6) is 0 Å². The van der Waals surface area contributed by atoms with Crippen molar-refractivity contribution >= 4 is 17.1 Å². The summed E-state index contributed by atoms with van der Waals surface area (Å²) in [5, 5.41) is 19.1. The monoisotopic (exact) mass is 310 g/mol. The molecule has 0 saturated carbocycles. The lowest BCUT2D eigenvalue weighted by molar-refractivity contribution is -0.739. The van der Waals surface area contributed by atoms with E-state index in [0.717, 1.165) is 0 Å². The van der Waals surface area contributed by atoms with Crippen LogP contribution in [0.4, 0.5) is 5.95 Å². The Morgan fingerprint density at radius 3 is 2.91 bits per heavy atom. The number of aliphatic hydroxyl groups excluding tert-OH is 2. The van der Waals surface area contributed by atoms with Gasteiger partial charge in [0, 0.05) is 20.5 Å². The predicted molar refractivity (Wildman–Crippen MR) is 77.5 cm³/mol. The summed E-state index contributed by atoms with van der Waals surface area (Å²) in [6.07, 6.45) is 0.209. The third-order valence-corrected chi connectivity index (χ3v) is 3.88. The second-order valence-electron chi connectivity index (χ2n) is 5.70. The minimum absolute atomic E-state index is 0.243. The van der Waals surface area contributed by atoms with Crippen molar-refractivity contribution in [2.24, 2.45) is 7.05 Å². The van der Waals surface area contributed by atoms with Gasteiger partial charge in [-0.1, -0.05) is 4.98 Å². The molecule has 3 atom stereocenters. The van der Waals surface area contributed by atoms with Crippen molar-refractivity contribution in [3.05, 3.63) is 16.7 Å². The van der Waals surface area contributed by atoms with Gasteiger partial charge in [0.15, 0.2) is 12.6 Å². The predicted octanol–water partition coefficient (Wildman–Crippen LogP) is -1.74. The number of nitrogens with one attached hydrogen (secondary N) is 1. The summed E-state index contributed by atoms with van der Waals surface area (Å²) < 4.78 is 9.04. The van der Waals surface area contributed by atoms with Gasteiger partial charge in [-0.25, -0.2) is 4.57 Å². The van der Waals surface area contributed by atoms with Gasteiger partial charge in [-0.15, -0.1) is 0 Å². The highest BCUT2D eigenvalue weighted by molar-refractivity contribution is 5.67. The van der Waals surface area contributed by atoms with Gasteiger partial charge in [0.2, 0.25) is 5.52 Å². The summed E-state index contributed by atoms with van der Waals surface area (Å²) in [6.45, 7) is -0.250. The number of fused-ring (bicyclic) bond motifs is 1. The van der Waals surface area contributed by atoms with Crippen LogP contribution in [0.1, 0.15) is 12.6 Å². The second-order valence-corrected chi connectivity index (χ2v) is 5.70. The Bertz CT molecular complexity index is 753. The first-order chi connectivity index (χ1) is 10.4. The van der Waals surface area contributed by atoms with Crippen LogP contribution in [-0.4, -0.2) is 57.7 Å². The van der Waals surface area contributed by atoms with Gasteiger partial charge >= 0.3 is 5.65 Å². The molecule has 0 amide bonds. The molecule has 3 rings (SSSR count). The molecule has 9 nitrogen and oxygen atoms in total. The minimum Gasteiger partial charge on any atom is -0.394 e. The third kappa shape index (κ3) is 2.27. The van der Waals surface area contributed by atoms with Crippen LogP contribution >= 0.6 is 0 Å². The lowest BCUT2D eigenvalue weighted by Crippen LogP contribution is -2.40. The fourth-order valence-corrected chi connectivity index (χ4v) is 2.71. The van der Waals surface area contributed by atoms with E-state index in [1.54, 1.807) is 41.5 Å². The number of aromatic nitrogens is 4. The zero-order chi connectivity index (χ0) is 16.0. The molecule has 3 heterocycles. The van der Waals surface area contributed by atoms with Gasteiger partial charge in [-0.3, -0.25) is 14.3 Å². The van der Waals surface area contributed by atoms with E-state index in [1.165, 1.54) is 0 Å². The van der Waals surface area contributed by atoms with Crippen LogP contribution in [0.2, 0.25) is 0 Å². The molecule has 120 valence electrons. The first kappa shape index (κ1) is 14.9. The number of aryl methyl sites for hydroxylation is 1. The standard InChI is InChI=1S/C13H19N5O4/c1-16(2)13-14-11-10(12(21)15-13)17(3)6-18(11)9-4-7(20)8(5-19)22-9/h6-9,19-20H,4-5H2,1-3H3/p+1/t7-,8+,9+/m0/s1. The summed E-state index contributed by atoms with van der Waals surface area (Å²) in [5.41, 5.74) is 0.661. The number of ether oxygens (including phenoxy) is 1. The fraction of sp³-hybridized carbons (Fsp3) is 0.615. The van der Waals surface area contributed by atoms with Crippen molar-refractivity contribution in [2.75, 3.05) is 25.6 Å². The molecule has 2 aromatic heterocycles. The molecule has 2 aromatic rings. The van der Waals surface area contributed by atoms with Gasteiger partial charge in [0.05, 0.1) is 19.8 Å². The Morgan fingerprint density at radius 1 is 1.59 bits per heavy atom. The Kier molecular flexibility index (Phi) is 3.63. The van der Waals surface area contributed by atoms with Crippen molar-refractivity contribution in [2.45, 2.75) is 24.9 Å². The molecule has 0 aliphatic carbocycles. The van der Waals surface area contributed by atoms with E-state index in [0.29, 0.717) is 23.5 Å². The molecule has 22 heavy (non-hydrogen) atoms. The smallest absolute Gasteiger partial charge is 0.313 e. The summed E-state index contributed by atoms with van der Waals surface area (Å²) in [6, 6.07) is 0. The molecule has 9 heteroatoms. The number of nitrogens with zero attached hydrogens (tertiary/aromatic N) is 4. The molecule has 0 bridgehead atoms. The first-order valence-corrected chi connectivity index (χ1v) is 7.04. The van der Waals surface area contributed by atoms with E-state index < -0.39 is 18.4 Å². The largest absolute Gasteiger partial charge is 0.394 e. The van der Waals surface area contributed by atoms with E-state index >= 15 is 0 Å². The van der Waals surface area contributed by atoms with Crippen molar-refractivity contribution < 1.29 is 19.5 Å². The summed E-state index contributed by atoms with van der Waals surface area (Å²) in [7, 11) is 5.32. The molecular weight excluding hydrogens is 290 g/mol. The Morgan fingerprint density at radius 2 is 2.32 bits per heavy atom. The summed E-state index contributed by atoms with van der Waals surface area (Å²) in [4.78, 5) is 21.1. The molecule has 1 saturated heterocycles. The van der Waals surface area contributed by atoms with E-state index in [-0.39, 0.29) is 12.2 Å². The fourth-order valence-electron chi connectivity index (χ4n) is 2.71.